The van der Waals surface area contributed by atoms with Gasteiger partial charge in [-0.2, -0.15) is 0 Å². The summed E-state index contributed by atoms with van der Waals surface area (Å²) in [4.78, 5) is 8.45. The molecule has 1 aliphatic rings. The van der Waals surface area contributed by atoms with E-state index in [1.165, 1.54) is 6.20 Å². The first kappa shape index (κ1) is 16.0. The second-order valence-electron chi connectivity index (χ2n) is 2.96. The van der Waals surface area contributed by atoms with Gasteiger partial charge in [0.1, 0.15) is 0 Å². The number of fused-ring (bicyclic) bond motifs is 1. The molecule has 0 aliphatic heterocycles. The summed E-state index contributed by atoms with van der Waals surface area (Å²) in [5.74, 6) is 0. The average Bonchev–Trinajstić information content (AvgIpc) is 2.46. The molecule has 96 valence electrons. The van der Waals surface area contributed by atoms with Gasteiger partial charge in [-0.15, -0.1) is 0 Å². The van der Waals surface area contributed by atoms with E-state index in [0.717, 1.165) is 22.5 Å². The van der Waals surface area contributed by atoms with Crippen LogP contribution < -0.4 is 0 Å². The van der Waals surface area contributed by atoms with Gasteiger partial charge >= 0.3 is 0 Å². The molecule has 0 saturated carbocycles. The number of hydrogen-bond acceptors (Lipinski definition) is 2. The van der Waals surface area contributed by atoms with Gasteiger partial charge in [0.25, 0.3) is 0 Å². The molecule has 0 amide bonds. The molecule has 0 radical (unpaired) electrons. The molecule has 0 atom stereocenters. The van der Waals surface area contributed by atoms with Crippen LogP contribution in [0.3, 0.4) is 0 Å². The lowest BCUT2D eigenvalue weighted by atomic mass is 9.97. The second kappa shape index (κ2) is 9.11. The van der Waals surface area contributed by atoms with Crippen LogP contribution in [0.25, 0.3) is 6.08 Å². The van der Waals surface area contributed by atoms with E-state index in [9.17, 15) is 0 Å². The summed E-state index contributed by atoms with van der Waals surface area (Å²) in [7, 11) is 0. The summed E-state index contributed by atoms with van der Waals surface area (Å²) in [6.45, 7) is 15.5. The van der Waals surface area contributed by atoms with Gasteiger partial charge in [0, 0.05) is 18.0 Å². The third-order valence-corrected chi connectivity index (χ3v) is 2.05. The van der Waals surface area contributed by atoms with Crippen molar-refractivity contribution < 1.29 is 0 Å². The van der Waals surface area contributed by atoms with Crippen LogP contribution in [-0.4, -0.2) is 10.7 Å². The van der Waals surface area contributed by atoms with Crippen LogP contribution in [0.1, 0.15) is 39.0 Å². The minimum atomic E-state index is 0.804. The largest absolute Gasteiger partial charge is 0.255 e. The van der Waals surface area contributed by atoms with Crippen molar-refractivity contribution in [1.82, 2.24) is 4.98 Å². The zero-order valence-corrected chi connectivity index (χ0v) is 11.8. The molecular formula is C16H22N2. The first-order valence-corrected chi connectivity index (χ1v) is 6.34. The molecule has 0 aromatic carbocycles. The molecule has 1 aromatic rings. The van der Waals surface area contributed by atoms with E-state index >= 15 is 0 Å². The van der Waals surface area contributed by atoms with Crippen molar-refractivity contribution in [3.63, 3.8) is 0 Å². The molecule has 0 saturated heterocycles. The maximum Gasteiger partial charge on any atom is 0.0964 e. The maximum absolute atomic E-state index is 4.28. The van der Waals surface area contributed by atoms with Crippen LogP contribution in [0.4, 0.5) is 0 Å². The lowest BCUT2D eigenvalue weighted by Gasteiger charge is -2.12. The highest BCUT2D eigenvalue weighted by molar-refractivity contribution is 6.17. The van der Waals surface area contributed by atoms with Gasteiger partial charge in [0.05, 0.1) is 11.4 Å². The summed E-state index contributed by atoms with van der Waals surface area (Å²) in [5, 5.41) is 0. The van der Waals surface area contributed by atoms with Gasteiger partial charge in [0.15, 0.2) is 0 Å². The minimum Gasteiger partial charge on any atom is -0.255 e. The topological polar surface area (TPSA) is 25.2 Å². The number of nitrogens with zero attached hydrogens (tertiary/aromatic N) is 2. The Morgan fingerprint density at radius 2 is 1.83 bits per heavy atom. The Balaban J connectivity index is 0.000000659. The van der Waals surface area contributed by atoms with Gasteiger partial charge in [-0.1, -0.05) is 59.1 Å². The Labute approximate surface area is 110 Å². The highest BCUT2D eigenvalue weighted by Crippen LogP contribution is 2.20. The molecule has 1 heterocycles. The van der Waals surface area contributed by atoms with E-state index in [4.69, 9.17) is 0 Å². The molecule has 2 heteroatoms. The average molecular weight is 242 g/mol. The number of aromatic nitrogens is 1. The van der Waals surface area contributed by atoms with E-state index < -0.39 is 0 Å². The quantitative estimate of drug-likeness (QED) is 0.703. The maximum atomic E-state index is 4.28. The Morgan fingerprint density at radius 1 is 1.17 bits per heavy atom. The van der Waals surface area contributed by atoms with Crippen molar-refractivity contribution in [2.75, 3.05) is 0 Å². The third-order valence-electron chi connectivity index (χ3n) is 2.05. The number of allylic oxidation sites excluding steroid dienone is 2. The number of pyridine rings is 1. The van der Waals surface area contributed by atoms with Crippen molar-refractivity contribution >= 4 is 11.8 Å². The molecule has 0 unspecified atom stereocenters. The Bertz CT molecular complexity index is 454. The van der Waals surface area contributed by atoms with Crippen molar-refractivity contribution in [3.05, 3.63) is 60.6 Å². The molecule has 1 aliphatic carbocycles. The van der Waals surface area contributed by atoms with E-state index in [1.807, 2.05) is 52.0 Å². The summed E-state index contributed by atoms with van der Waals surface area (Å²) >= 11 is 0. The van der Waals surface area contributed by atoms with Crippen molar-refractivity contribution in [3.8, 4) is 0 Å². The molecule has 0 N–H and O–H groups in total. The predicted octanol–water partition coefficient (Wildman–Crippen LogP) is 4.65. The van der Waals surface area contributed by atoms with Gasteiger partial charge < -0.3 is 0 Å². The molecule has 0 fully saturated rings. The lowest BCUT2D eigenvalue weighted by Crippen LogP contribution is -2.10. The molecule has 2 nitrogen and oxygen atoms in total. The van der Waals surface area contributed by atoms with E-state index in [1.54, 1.807) is 6.20 Å². The Morgan fingerprint density at radius 3 is 2.44 bits per heavy atom. The van der Waals surface area contributed by atoms with Crippen LogP contribution in [0.5, 0.6) is 0 Å². The molecule has 2 rings (SSSR count). The summed E-state index contributed by atoms with van der Waals surface area (Å²) in [5.41, 5.74) is 3.62. The number of rotatable bonds is 1. The monoisotopic (exact) mass is 242 g/mol. The Hall–Kier alpha value is -1.96. The van der Waals surface area contributed by atoms with Crippen molar-refractivity contribution in [2.45, 2.75) is 27.7 Å². The van der Waals surface area contributed by atoms with E-state index in [-0.39, 0.29) is 0 Å². The summed E-state index contributed by atoms with van der Waals surface area (Å²) in [6, 6.07) is 3.91. The normalized spacial score (nSPS) is 13.8. The Kier molecular flexibility index (Phi) is 8.12. The molecule has 1 aromatic heterocycles. The smallest absolute Gasteiger partial charge is 0.0964 e. The standard InChI is InChI=1S/C12H10N2.2C2H6/c1-3-13-11-9(2)6-7-10-5-4-8-14-12(10)11;2*1-2/h3-8H,1-2H2;2*1-2H3. The number of aliphatic imine (C=N–C) groups is 1. The van der Waals surface area contributed by atoms with Crippen LogP contribution in [-0.2, 0) is 0 Å². The van der Waals surface area contributed by atoms with E-state index in [0.29, 0.717) is 0 Å². The highest BCUT2D eigenvalue weighted by atomic mass is 14.8. The molecular weight excluding hydrogens is 220 g/mol. The summed E-state index contributed by atoms with van der Waals surface area (Å²) < 4.78 is 0. The molecule has 0 spiro atoms. The number of hydrogen-bond donors (Lipinski definition) is 0. The van der Waals surface area contributed by atoms with Gasteiger partial charge in [-0.3, -0.25) is 9.98 Å². The van der Waals surface area contributed by atoms with Crippen LogP contribution >= 0.6 is 0 Å². The fraction of sp³-hybridized carbons (Fsp3) is 0.250. The van der Waals surface area contributed by atoms with Crippen LogP contribution in [0, 0.1) is 0 Å². The lowest BCUT2D eigenvalue weighted by molar-refractivity contribution is 1.26. The third kappa shape index (κ3) is 3.81. The van der Waals surface area contributed by atoms with Gasteiger partial charge in [-0.05, 0) is 11.6 Å². The van der Waals surface area contributed by atoms with Crippen LogP contribution in [0.2, 0.25) is 0 Å². The van der Waals surface area contributed by atoms with Gasteiger partial charge in [-0.25, -0.2) is 0 Å². The van der Waals surface area contributed by atoms with E-state index in [2.05, 4.69) is 23.1 Å². The molecule has 18 heavy (non-hydrogen) atoms. The van der Waals surface area contributed by atoms with Crippen molar-refractivity contribution in [1.29, 1.82) is 0 Å². The van der Waals surface area contributed by atoms with Crippen LogP contribution in [0.15, 0.2) is 54.3 Å². The first-order valence-electron chi connectivity index (χ1n) is 6.34. The highest BCUT2D eigenvalue weighted by Gasteiger charge is 2.14. The second-order valence-corrected chi connectivity index (χ2v) is 2.96. The fourth-order valence-electron chi connectivity index (χ4n) is 1.41. The fourth-order valence-corrected chi connectivity index (χ4v) is 1.41. The molecule has 0 bridgehead atoms. The predicted molar refractivity (Wildman–Crippen MR) is 81.8 cm³/mol. The summed E-state index contributed by atoms with van der Waals surface area (Å²) in [6.07, 6.45) is 7.20. The van der Waals surface area contributed by atoms with Gasteiger partial charge in [0.2, 0.25) is 0 Å². The SMILES string of the molecule is C=CN=C1C(=C)C=Cc2cccnc21.CC.CC. The first-order chi connectivity index (χ1) is 8.83. The minimum absolute atomic E-state index is 0.804. The van der Waals surface area contributed by atoms with Crippen molar-refractivity contribution in [2.24, 2.45) is 4.99 Å². The zero-order chi connectivity index (χ0) is 14.0. The zero-order valence-electron chi connectivity index (χ0n) is 11.8.